The molecule has 2 aliphatic rings. The Labute approximate surface area is 92.2 Å². The molecule has 2 N–H and O–H groups in total. The van der Waals surface area contributed by atoms with Gasteiger partial charge in [-0.1, -0.05) is 19.3 Å². The molecular weight excluding hydrogens is 190 g/mol. The Morgan fingerprint density at radius 1 is 1.07 bits per heavy atom. The van der Waals surface area contributed by atoms with Gasteiger partial charge in [0.2, 0.25) is 0 Å². The zero-order valence-corrected chi connectivity index (χ0v) is 9.95. The van der Waals surface area contributed by atoms with Gasteiger partial charge in [0.15, 0.2) is 0 Å². The number of rotatable bonds is 2. The van der Waals surface area contributed by atoms with Crippen molar-refractivity contribution in [1.29, 1.82) is 0 Å². The summed E-state index contributed by atoms with van der Waals surface area (Å²) in [5, 5.41) is 0. The van der Waals surface area contributed by atoms with Crippen molar-refractivity contribution in [2.24, 2.45) is 11.7 Å². The molecule has 1 nitrogen and oxygen atoms in total. The van der Waals surface area contributed by atoms with Crippen LogP contribution in [0.4, 0.5) is 0 Å². The summed E-state index contributed by atoms with van der Waals surface area (Å²) in [6.45, 7) is 0. The highest BCUT2D eigenvalue weighted by Crippen LogP contribution is 2.35. The second kappa shape index (κ2) is 4.89. The summed E-state index contributed by atoms with van der Waals surface area (Å²) in [6, 6.07) is 0. The van der Waals surface area contributed by atoms with Crippen molar-refractivity contribution in [3.63, 3.8) is 0 Å². The van der Waals surface area contributed by atoms with Crippen LogP contribution >= 0.6 is 11.8 Å². The normalized spacial score (nSPS) is 28.9. The zero-order valence-electron chi connectivity index (χ0n) is 9.13. The average Bonchev–Trinajstić information content (AvgIpc) is 2.19. The molecule has 0 aromatic carbocycles. The van der Waals surface area contributed by atoms with E-state index in [9.17, 15) is 0 Å². The molecule has 1 aliphatic heterocycles. The molecule has 2 heteroatoms. The lowest BCUT2D eigenvalue weighted by atomic mass is 9.75. The van der Waals surface area contributed by atoms with Crippen LogP contribution in [0, 0.1) is 5.92 Å². The molecule has 0 radical (unpaired) electrons. The third-order valence-electron chi connectivity index (χ3n) is 3.89. The second-order valence-electron chi connectivity index (χ2n) is 5.18. The largest absolute Gasteiger partial charge is 0.325 e. The van der Waals surface area contributed by atoms with Crippen LogP contribution < -0.4 is 5.73 Å². The smallest absolute Gasteiger partial charge is 0.0157 e. The van der Waals surface area contributed by atoms with Crippen molar-refractivity contribution in [1.82, 2.24) is 0 Å². The van der Waals surface area contributed by atoms with Crippen LogP contribution in [0.5, 0.6) is 0 Å². The fraction of sp³-hybridized carbons (Fsp3) is 1.00. The summed E-state index contributed by atoms with van der Waals surface area (Å²) in [7, 11) is 0. The maximum Gasteiger partial charge on any atom is 0.0157 e. The van der Waals surface area contributed by atoms with Gasteiger partial charge in [-0.15, -0.1) is 0 Å². The number of nitrogens with two attached hydrogens (primary N) is 1. The van der Waals surface area contributed by atoms with Crippen molar-refractivity contribution in [3.05, 3.63) is 0 Å². The molecule has 14 heavy (non-hydrogen) atoms. The van der Waals surface area contributed by atoms with Crippen LogP contribution in [0.2, 0.25) is 0 Å². The summed E-state index contributed by atoms with van der Waals surface area (Å²) in [4.78, 5) is 0. The highest BCUT2D eigenvalue weighted by atomic mass is 32.2. The molecule has 1 aliphatic carbocycles. The molecule has 0 atom stereocenters. The Morgan fingerprint density at radius 2 is 1.71 bits per heavy atom. The summed E-state index contributed by atoms with van der Waals surface area (Å²) in [5.74, 6) is 3.70. The fourth-order valence-electron chi connectivity index (χ4n) is 2.99. The Morgan fingerprint density at radius 3 is 2.36 bits per heavy atom. The molecule has 1 saturated carbocycles. The Bertz CT molecular complexity index is 169. The second-order valence-corrected chi connectivity index (χ2v) is 6.41. The van der Waals surface area contributed by atoms with Gasteiger partial charge in [-0.25, -0.2) is 0 Å². The maximum absolute atomic E-state index is 6.48. The molecule has 0 amide bonds. The Kier molecular flexibility index (Phi) is 3.78. The summed E-state index contributed by atoms with van der Waals surface area (Å²) < 4.78 is 0. The predicted molar refractivity (Wildman–Crippen MR) is 64.7 cm³/mol. The zero-order chi connectivity index (χ0) is 9.86. The van der Waals surface area contributed by atoms with Crippen LogP contribution in [0.3, 0.4) is 0 Å². The average molecular weight is 213 g/mol. The summed E-state index contributed by atoms with van der Waals surface area (Å²) >= 11 is 2.12. The van der Waals surface area contributed by atoms with Gasteiger partial charge < -0.3 is 5.73 Å². The highest BCUT2D eigenvalue weighted by Gasteiger charge is 2.30. The van der Waals surface area contributed by atoms with Gasteiger partial charge in [-0.05, 0) is 49.5 Å². The van der Waals surface area contributed by atoms with Crippen LogP contribution in [-0.2, 0) is 0 Å². The topological polar surface area (TPSA) is 26.0 Å². The lowest BCUT2D eigenvalue weighted by molar-refractivity contribution is 0.230. The van der Waals surface area contributed by atoms with Gasteiger partial charge >= 0.3 is 0 Å². The molecular formula is C12H23NS. The van der Waals surface area contributed by atoms with Crippen molar-refractivity contribution in [2.75, 3.05) is 11.5 Å². The minimum absolute atomic E-state index is 0.227. The van der Waals surface area contributed by atoms with Gasteiger partial charge in [0, 0.05) is 5.54 Å². The minimum atomic E-state index is 0.227. The van der Waals surface area contributed by atoms with E-state index in [2.05, 4.69) is 11.8 Å². The van der Waals surface area contributed by atoms with E-state index in [0.29, 0.717) is 0 Å². The van der Waals surface area contributed by atoms with E-state index in [1.807, 2.05) is 0 Å². The molecule has 0 aromatic rings. The van der Waals surface area contributed by atoms with E-state index in [0.717, 1.165) is 5.92 Å². The van der Waals surface area contributed by atoms with Gasteiger partial charge in [0.1, 0.15) is 0 Å². The summed E-state index contributed by atoms with van der Waals surface area (Å²) in [5.41, 5.74) is 6.71. The first-order chi connectivity index (χ1) is 6.79. The van der Waals surface area contributed by atoms with Crippen molar-refractivity contribution < 1.29 is 0 Å². The van der Waals surface area contributed by atoms with E-state index in [1.165, 1.54) is 62.9 Å². The molecule has 0 unspecified atom stereocenters. The Hall–Kier alpha value is 0.310. The first-order valence-electron chi connectivity index (χ1n) is 6.15. The first kappa shape index (κ1) is 10.8. The van der Waals surface area contributed by atoms with Gasteiger partial charge in [-0.3, -0.25) is 0 Å². The maximum atomic E-state index is 6.48. The molecule has 2 fully saturated rings. The third-order valence-corrected chi connectivity index (χ3v) is 4.93. The van der Waals surface area contributed by atoms with E-state index >= 15 is 0 Å². The van der Waals surface area contributed by atoms with E-state index in [1.54, 1.807) is 0 Å². The molecule has 1 saturated heterocycles. The fourth-order valence-corrected chi connectivity index (χ4v) is 4.19. The molecule has 2 rings (SSSR count). The van der Waals surface area contributed by atoms with Crippen molar-refractivity contribution in [2.45, 2.75) is 56.9 Å². The molecule has 0 aromatic heterocycles. The van der Waals surface area contributed by atoms with Crippen LogP contribution in [0.1, 0.15) is 51.4 Å². The number of thioether (sulfide) groups is 1. The van der Waals surface area contributed by atoms with Crippen LogP contribution in [0.25, 0.3) is 0 Å². The minimum Gasteiger partial charge on any atom is -0.325 e. The number of hydrogen-bond donors (Lipinski definition) is 1. The Balaban J connectivity index is 1.81. The van der Waals surface area contributed by atoms with E-state index in [4.69, 9.17) is 5.73 Å². The van der Waals surface area contributed by atoms with Crippen molar-refractivity contribution in [3.8, 4) is 0 Å². The van der Waals surface area contributed by atoms with Crippen molar-refractivity contribution >= 4 is 11.8 Å². The third kappa shape index (κ3) is 2.90. The standard InChI is InChI=1S/C12H23NS/c13-12(6-2-1-3-7-12)10-11-4-8-14-9-5-11/h11H,1-10,13H2. The lowest BCUT2D eigenvalue weighted by Crippen LogP contribution is -2.43. The SMILES string of the molecule is NC1(CC2CCSCC2)CCCCC1. The van der Waals surface area contributed by atoms with Crippen LogP contribution in [-0.4, -0.2) is 17.0 Å². The van der Waals surface area contributed by atoms with E-state index in [-0.39, 0.29) is 5.54 Å². The first-order valence-corrected chi connectivity index (χ1v) is 7.31. The number of hydrogen-bond acceptors (Lipinski definition) is 2. The van der Waals surface area contributed by atoms with Gasteiger partial charge in [0.05, 0.1) is 0 Å². The molecule has 0 bridgehead atoms. The van der Waals surface area contributed by atoms with E-state index < -0.39 is 0 Å². The molecule has 82 valence electrons. The molecule has 1 heterocycles. The van der Waals surface area contributed by atoms with Gasteiger partial charge in [-0.2, -0.15) is 11.8 Å². The summed E-state index contributed by atoms with van der Waals surface area (Å²) in [6.07, 6.45) is 10.9. The van der Waals surface area contributed by atoms with Crippen LogP contribution in [0.15, 0.2) is 0 Å². The molecule has 0 spiro atoms. The monoisotopic (exact) mass is 213 g/mol. The lowest BCUT2D eigenvalue weighted by Gasteiger charge is -2.37. The quantitative estimate of drug-likeness (QED) is 0.762. The van der Waals surface area contributed by atoms with Gasteiger partial charge in [0.25, 0.3) is 0 Å². The highest BCUT2D eigenvalue weighted by molar-refractivity contribution is 7.99. The predicted octanol–water partition coefficient (Wildman–Crippen LogP) is 3.18.